The second-order valence-electron chi connectivity index (χ2n) is 5.25. The highest BCUT2D eigenvalue weighted by Gasteiger charge is 2.19. The van der Waals surface area contributed by atoms with E-state index in [1.54, 1.807) is 12.1 Å². The Morgan fingerprint density at radius 3 is 2.35 bits per heavy atom. The maximum Gasteiger partial charge on any atom is 0.335 e. The molecule has 1 aliphatic carbocycles. The molecule has 0 aliphatic heterocycles. The van der Waals surface area contributed by atoms with Crippen molar-refractivity contribution in [1.82, 2.24) is 0 Å². The van der Waals surface area contributed by atoms with Gasteiger partial charge in [-0.25, -0.2) is 4.79 Å². The molecular formula is C17H15ClO2. The Hall–Kier alpha value is -1.80. The van der Waals surface area contributed by atoms with Crippen LogP contribution in [-0.2, 0) is 0 Å². The molecule has 1 N–H and O–H groups in total. The van der Waals surface area contributed by atoms with Gasteiger partial charge in [-0.15, -0.1) is 0 Å². The molecule has 0 unspecified atom stereocenters. The van der Waals surface area contributed by atoms with Gasteiger partial charge in [-0.1, -0.05) is 42.3 Å². The zero-order chi connectivity index (χ0) is 14.1. The predicted octanol–water partition coefficient (Wildman–Crippen LogP) is 4.97. The summed E-state index contributed by atoms with van der Waals surface area (Å²) >= 11 is 6.18. The van der Waals surface area contributed by atoms with E-state index < -0.39 is 5.97 Å². The molecule has 3 heteroatoms. The SMILES string of the molecule is O=C(O)c1ccc(Cl)c(-c2ccc(C3CCC3)cc2)c1. The minimum Gasteiger partial charge on any atom is -0.478 e. The smallest absolute Gasteiger partial charge is 0.335 e. The molecule has 0 heterocycles. The van der Waals surface area contributed by atoms with Crippen molar-refractivity contribution < 1.29 is 9.90 Å². The van der Waals surface area contributed by atoms with Gasteiger partial charge in [0.25, 0.3) is 0 Å². The van der Waals surface area contributed by atoms with Crippen molar-refractivity contribution in [1.29, 1.82) is 0 Å². The van der Waals surface area contributed by atoms with E-state index >= 15 is 0 Å². The average molecular weight is 287 g/mol. The van der Waals surface area contributed by atoms with Crippen LogP contribution in [0.15, 0.2) is 42.5 Å². The Balaban J connectivity index is 1.95. The first-order chi connectivity index (χ1) is 9.65. The van der Waals surface area contributed by atoms with Gasteiger partial charge in [-0.05, 0) is 48.1 Å². The Kier molecular flexibility index (Phi) is 3.49. The zero-order valence-corrected chi connectivity index (χ0v) is 11.7. The topological polar surface area (TPSA) is 37.3 Å². The lowest BCUT2D eigenvalue weighted by Gasteiger charge is -2.25. The Bertz CT molecular complexity index is 643. The highest BCUT2D eigenvalue weighted by Crippen LogP contribution is 2.37. The van der Waals surface area contributed by atoms with E-state index in [-0.39, 0.29) is 5.56 Å². The van der Waals surface area contributed by atoms with Crippen molar-refractivity contribution >= 4 is 17.6 Å². The summed E-state index contributed by atoms with van der Waals surface area (Å²) in [5, 5.41) is 9.64. The van der Waals surface area contributed by atoms with E-state index in [9.17, 15) is 4.79 Å². The summed E-state index contributed by atoms with van der Waals surface area (Å²) in [5.41, 5.74) is 3.35. The van der Waals surface area contributed by atoms with Gasteiger partial charge >= 0.3 is 5.97 Å². The molecule has 20 heavy (non-hydrogen) atoms. The standard InChI is InChI=1S/C17H15ClO2/c18-16-9-8-14(17(19)20)10-15(16)13-6-4-12(5-7-13)11-2-1-3-11/h4-11H,1-3H2,(H,19,20). The molecule has 0 atom stereocenters. The van der Waals surface area contributed by atoms with Crippen LogP contribution in [0.1, 0.15) is 41.1 Å². The number of rotatable bonds is 3. The maximum absolute atomic E-state index is 11.0. The van der Waals surface area contributed by atoms with E-state index in [0.29, 0.717) is 10.9 Å². The molecule has 0 saturated heterocycles. The van der Waals surface area contributed by atoms with Crippen molar-refractivity contribution in [3.63, 3.8) is 0 Å². The van der Waals surface area contributed by atoms with Gasteiger partial charge < -0.3 is 5.11 Å². The lowest BCUT2D eigenvalue weighted by Crippen LogP contribution is -2.08. The van der Waals surface area contributed by atoms with Crippen LogP contribution < -0.4 is 0 Å². The van der Waals surface area contributed by atoms with Crippen molar-refractivity contribution in [2.75, 3.05) is 0 Å². The minimum absolute atomic E-state index is 0.257. The summed E-state index contributed by atoms with van der Waals surface area (Å²) in [6.07, 6.45) is 3.86. The van der Waals surface area contributed by atoms with Gasteiger partial charge in [0.1, 0.15) is 0 Å². The largest absolute Gasteiger partial charge is 0.478 e. The molecular weight excluding hydrogens is 272 g/mol. The summed E-state index contributed by atoms with van der Waals surface area (Å²) in [6.45, 7) is 0. The Morgan fingerprint density at radius 1 is 1.10 bits per heavy atom. The number of carboxylic acid groups (broad SMARTS) is 1. The number of carbonyl (C=O) groups is 1. The van der Waals surface area contributed by atoms with E-state index in [1.165, 1.54) is 30.9 Å². The summed E-state index contributed by atoms with van der Waals surface area (Å²) in [4.78, 5) is 11.0. The molecule has 0 amide bonds. The molecule has 1 aliphatic rings. The molecule has 2 aromatic rings. The number of aromatic carboxylic acids is 1. The summed E-state index contributed by atoms with van der Waals surface area (Å²) in [6, 6.07) is 13.1. The maximum atomic E-state index is 11.0. The normalized spacial score (nSPS) is 14.8. The van der Waals surface area contributed by atoms with Crippen molar-refractivity contribution in [2.24, 2.45) is 0 Å². The van der Waals surface area contributed by atoms with Gasteiger partial charge in [-0.2, -0.15) is 0 Å². The van der Waals surface area contributed by atoms with Gasteiger partial charge in [-0.3, -0.25) is 0 Å². The fourth-order valence-corrected chi connectivity index (χ4v) is 2.78. The first-order valence-corrected chi connectivity index (χ1v) is 7.16. The van der Waals surface area contributed by atoms with Crippen molar-refractivity contribution in [2.45, 2.75) is 25.2 Å². The lowest BCUT2D eigenvalue weighted by molar-refractivity contribution is 0.0697. The average Bonchev–Trinajstić information content (AvgIpc) is 2.38. The monoisotopic (exact) mass is 286 g/mol. The van der Waals surface area contributed by atoms with E-state index in [4.69, 9.17) is 16.7 Å². The van der Waals surface area contributed by atoms with Gasteiger partial charge in [0.15, 0.2) is 0 Å². The van der Waals surface area contributed by atoms with Crippen LogP contribution in [0.5, 0.6) is 0 Å². The first kappa shape index (κ1) is 13.2. The van der Waals surface area contributed by atoms with Gasteiger partial charge in [0.05, 0.1) is 5.56 Å². The number of benzene rings is 2. The predicted molar refractivity (Wildman–Crippen MR) is 80.4 cm³/mol. The fraction of sp³-hybridized carbons (Fsp3) is 0.235. The van der Waals surface area contributed by atoms with Crippen LogP contribution in [0.25, 0.3) is 11.1 Å². The Labute approximate surface area is 123 Å². The molecule has 2 nitrogen and oxygen atoms in total. The van der Waals surface area contributed by atoms with E-state index in [0.717, 1.165) is 11.1 Å². The number of hydrogen-bond acceptors (Lipinski definition) is 1. The van der Waals surface area contributed by atoms with Crippen LogP contribution >= 0.6 is 11.6 Å². The summed E-state index contributed by atoms with van der Waals surface area (Å²) in [7, 11) is 0. The third-order valence-corrected chi connectivity index (χ3v) is 4.34. The quantitative estimate of drug-likeness (QED) is 0.864. The summed E-state index contributed by atoms with van der Waals surface area (Å²) < 4.78 is 0. The molecule has 2 aromatic carbocycles. The number of halogens is 1. The molecule has 0 radical (unpaired) electrons. The minimum atomic E-state index is -0.936. The van der Waals surface area contributed by atoms with Gasteiger partial charge in [0.2, 0.25) is 0 Å². The van der Waals surface area contributed by atoms with E-state index in [2.05, 4.69) is 12.1 Å². The molecule has 0 spiro atoms. The van der Waals surface area contributed by atoms with Crippen molar-refractivity contribution in [3.8, 4) is 11.1 Å². The van der Waals surface area contributed by atoms with Crippen LogP contribution in [0.4, 0.5) is 0 Å². The van der Waals surface area contributed by atoms with E-state index in [1.807, 2.05) is 12.1 Å². The lowest BCUT2D eigenvalue weighted by atomic mass is 9.80. The second kappa shape index (κ2) is 5.29. The zero-order valence-electron chi connectivity index (χ0n) is 11.0. The van der Waals surface area contributed by atoms with Crippen LogP contribution in [0, 0.1) is 0 Å². The molecule has 102 valence electrons. The van der Waals surface area contributed by atoms with Crippen LogP contribution in [0.3, 0.4) is 0 Å². The third-order valence-electron chi connectivity index (χ3n) is 4.01. The highest BCUT2D eigenvalue weighted by molar-refractivity contribution is 6.33. The molecule has 1 saturated carbocycles. The highest BCUT2D eigenvalue weighted by atomic mass is 35.5. The fourth-order valence-electron chi connectivity index (χ4n) is 2.56. The molecule has 0 aromatic heterocycles. The van der Waals surface area contributed by atoms with Crippen molar-refractivity contribution in [3.05, 3.63) is 58.6 Å². The third kappa shape index (κ3) is 2.44. The second-order valence-corrected chi connectivity index (χ2v) is 5.66. The molecule has 1 fully saturated rings. The first-order valence-electron chi connectivity index (χ1n) is 6.78. The van der Waals surface area contributed by atoms with Gasteiger partial charge in [0, 0.05) is 10.6 Å². The van der Waals surface area contributed by atoms with Crippen LogP contribution in [-0.4, -0.2) is 11.1 Å². The molecule has 3 rings (SSSR count). The van der Waals surface area contributed by atoms with Crippen LogP contribution in [0.2, 0.25) is 5.02 Å². The Morgan fingerprint density at radius 2 is 1.80 bits per heavy atom. The molecule has 0 bridgehead atoms. The number of carboxylic acids is 1. The summed E-state index contributed by atoms with van der Waals surface area (Å²) in [5.74, 6) is -0.237. The number of hydrogen-bond donors (Lipinski definition) is 1.